The fraction of sp³-hybridized carbons (Fsp3) is 0.357. The molecule has 13 heteroatoms. The molecule has 2 unspecified atom stereocenters. The Morgan fingerprint density at radius 1 is 1.27 bits per heavy atom. The molecule has 1 aliphatic carbocycles. The number of hydrogen-bond donors (Lipinski definition) is 2. The highest BCUT2D eigenvalue weighted by Crippen LogP contribution is 2.43. The molecule has 3 N–H and O–H groups in total. The van der Waals surface area contributed by atoms with Crippen molar-refractivity contribution < 1.29 is 23.6 Å². The van der Waals surface area contributed by atoms with Crippen molar-refractivity contribution in [3.8, 4) is 0 Å². The van der Waals surface area contributed by atoms with Gasteiger partial charge in [-0.3, -0.25) is 19.2 Å². The summed E-state index contributed by atoms with van der Waals surface area (Å²) in [7, 11) is 0. The maximum Gasteiger partial charge on any atom is 0.249 e. The van der Waals surface area contributed by atoms with Crippen LogP contribution in [0.25, 0.3) is 21.3 Å². The molecule has 3 aromatic rings. The minimum absolute atomic E-state index is 0.00633. The van der Waals surface area contributed by atoms with E-state index in [9.17, 15) is 23.6 Å². The number of carbonyl (C=O) groups excluding carboxylic acids is 4. The van der Waals surface area contributed by atoms with Crippen LogP contribution >= 0.6 is 11.6 Å². The molecule has 0 spiro atoms. The number of rotatable bonds is 10. The Morgan fingerprint density at radius 2 is 1.98 bits per heavy atom. The number of nitrogens with zero attached hydrogens (tertiary/aromatic N) is 5. The lowest BCUT2D eigenvalue weighted by atomic mass is 10.1. The lowest BCUT2D eigenvalue weighted by molar-refractivity contribution is -0.138. The number of fused-ring (bicyclic) bond motifs is 1. The molecule has 0 saturated heterocycles. The van der Waals surface area contributed by atoms with Crippen molar-refractivity contribution in [1.82, 2.24) is 14.8 Å². The van der Waals surface area contributed by atoms with E-state index in [4.69, 9.17) is 22.9 Å². The van der Waals surface area contributed by atoms with E-state index in [1.807, 2.05) is 0 Å². The Morgan fingerprint density at radius 3 is 2.59 bits per heavy atom. The summed E-state index contributed by atoms with van der Waals surface area (Å²) in [5, 5.41) is 6.16. The van der Waals surface area contributed by atoms with Crippen molar-refractivity contribution in [2.75, 3.05) is 6.54 Å². The highest BCUT2D eigenvalue weighted by Gasteiger charge is 2.37. The Bertz CT molecular complexity index is 1610. The number of halogens is 2. The predicted octanol–water partition coefficient (Wildman–Crippen LogP) is 4.45. The number of ketones is 1. The molecule has 0 bridgehead atoms. The van der Waals surface area contributed by atoms with Gasteiger partial charge in [-0.25, -0.2) is 4.39 Å². The van der Waals surface area contributed by atoms with Crippen molar-refractivity contribution in [1.29, 1.82) is 0 Å². The van der Waals surface area contributed by atoms with E-state index >= 15 is 0 Å². The smallest absolute Gasteiger partial charge is 0.249 e. The molecule has 1 fully saturated rings. The lowest BCUT2D eigenvalue weighted by Gasteiger charge is -2.26. The Labute approximate surface area is 240 Å². The van der Waals surface area contributed by atoms with Crippen LogP contribution in [0.1, 0.15) is 65.0 Å². The van der Waals surface area contributed by atoms with E-state index in [1.54, 1.807) is 36.6 Å². The fourth-order valence-corrected chi connectivity index (χ4v) is 5.06. The first-order valence-corrected chi connectivity index (χ1v) is 13.3. The summed E-state index contributed by atoms with van der Waals surface area (Å²) < 4.78 is 16.4. The number of Topliss-reactive ketones (excluding diaryl/α,β-unsaturated/α-hetero) is 1. The second-order valence-electron chi connectivity index (χ2n) is 10.3. The molecule has 1 saturated carbocycles. The first-order valence-electron chi connectivity index (χ1n) is 12.9. The lowest BCUT2D eigenvalue weighted by Crippen LogP contribution is -2.45. The van der Waals surface area contributed by atoms with E-state index in [0.29, 0.717) is 16.5 Å². The number of benzene rings is 2. The molecule has 0 radical (unpaired) electrons. The van der Waals surface area contributed by atoms with Crippen LogP contribution in [0, 0.1) is 5.82 Å². The summed E-state index contributed by atoms with van der Waals surface area (Å²) in [6, 6.07) is 7.36. The van der Waals surface area contributed by atoms with E-state index in [2.05, 4.69) is 15.3 Å². The van der Waals surface area contributed by atoms with E-state index in [1.165, 1.54) is 30.2 Å². The third-order valence-electron chi connectivity index (χ3n) is 7.11. The standard InChI is InChI=1S/C28H29ClFN7O4/c1-14(2)37(12-24(39)33-10-17-4-6-18(19-9-22(19)31)26(29)27(17)30)25(40)13-36-11-21(15(3)38)20-8-16(5-7-23(20)36)28(41)34-35-32/h4-8,11,14,19,22H,9-10,12-13,31H2,1-3H3,(H,33,39). The minimum Gasteiger partial charge on any atom is -0.350 e. The van der Waals surface area contributed by atoms with Gasteiger partial charge in [0.05, 0.1) is 11.6 Å². The van der Waals surface area contributed by atoms with Crippen LogP contribution in [0.2, 0.25) is 5.02 Å². The van der Waals surface area contributed by atoms with Crippen LogP contribution < -0.4 is 11.1 Å². The summed E-state index contributed by atoms with van der Waals surface area (Å²) in [6.45, 7) is 4.31. The number of azide groups is 1. The van der Waals surface area contributed by atoms with Gasteiger partial charge in [-0.1, -0.05) is 23.7 Å². The van der Waals surface area contributed by atoms with Gasteiger partial charge < -0.3 is 20.5 Å². The minimum atomic E-state index is -0.796. The van der Waals surface area contributed by atoms with E-state index in [-0.39, 0.29) is 65.1 Å². The Kier molecular flexibility index (Phi) is 8.77. The zero-order valence-corrected chi connectivity index (χ0v) is 23.5. The van der Waals surface area contributed by atoms with Crippen molar-refractivity contribution in [2.45, 2.75) is 58.3 Å². The van der Waals surface area contributed by atoms with Gasteiger partial charge in [0.25, 0.3) is 0 Å². The quantitative estimate of drug-likeness (QED) is 0.156. The molecule has 4 rings (SSSR count). The summed E-state index contributed by atoms with van der Waals surface area (Å²) in [5.41, 5.74) is 16.2. The van der Waals surface area contributed by atoms with Gasteiger partial charge in [-0.15, -0.1) is 0 Å². The number of aromatic nitrogens is 1. The fourth-order valence-electron chi connectivity index (χ4n) is 4.74. The SMILES string of the molecule is CC(=O)c1cn(CC(=O)N(CC(=O)NCc2ccc(C3CC3N)c(Cl)c2F)C(C)C)c2ccc(C(=O)N=[N+]=[N-])cc12. The first kappa shape index (κ1) is 29.7. The first-order chi connectivity index (χ1) is 19.4. The second-order valence-corrected chi connectivity index (χ2v) is 10.7. The van der Waals surface area contributed by atoms with E-state index in [0.717, 1.165) is 6.42 Å². The number of nitrogens with one attached hydrogen (secondary N) is 1. The van der Waals surface area contributed by atoms with Gasteiger partial charge in [0.2, 0.25) is 17.7 Å². The molecule has 214 valence electrons. The third kappa shape index (κ3) is 6.40. The molecule has 11 nitrogen and oxygen atoms in total. The van der Waals surface area contributed by atoms with Gasteiger partial charge in [0, 0.05) is 63.2 Å². The zero-order chi connectivity index (χ0) is 30.0. The molecule has 0 aliphatic heterocycles. The van der Waals surface area contributed by atoms with Crippen LogP contribution in [0.4, 0.5) is 4.39 Å². The molecule has 3 amide bonds. The van der Waals surface area contributed by atoms with Crippen molar-refractivity contribution in [3.63, 3.8) is 0 Å². The van der Waals surface area contributed by atoms with Crippen LogP contribution in [0.5, 0.6) is 0 Å². The normalized spacial score (nSPS) is 15.9. The summed E-state index contributed by atoms with van der Waals surface area (Å²) in [6.07, 6.45) is 2.26. The van der Waals surface area contributed by atoms with Crippen LogP contribution in [-0.2, 0) is 22.7 Å². The zero-order valence-electron chi connectivity index (χ0n) is 22.7. The molecule has 1 heterocycles. The Hall–Kier alpha value is -4.25. The number of nitrogens with two attached hydrogens (primary N) is 1. The van der Waals surface area contributed by atoms with Crippen LogP contribution in [0.3, 0.4) is 0 Å². The predicted molar refractivity (Wildman–Crippen MR) is 151 cm³/mol. The molecular weight excluding hydrogens is 553 g/mol. The van der Waals surface area contributed by atoms with Gasteiger partial charge in [-0.2, -0.15) is 0 Å². The second kappa shape index (κ2) is 12.1. The largest absolute Gasteiger partial charge is 0.350 e. The number of amides is 3. The molecule has 1 aromatic heterocycles. The van der Waals surface area contributed by atoms with Gasteiger partial charge in [0.1, 0.15) is 12.4 Å². The maximum atomic E-state index is 14.8. The van der Waals surface area contributed by atoms with Crippen LogP contribution in [0.15, 0.2) is 41.6 Å². The summed E-state index contributed by atoms with van der Waals surface area (Å²) in [5.74, 6) is -2.53. The molecule has 2 atom stereocenters. The summed E-state index contributed by atoms with van der Waals surface area (Å²) >= 11 is 6.20. The third-order valence-corrected chi connectivity index (χ3v) is 7.50. The monoisotopic (exact) mass is 581 g/mol. The van der Waals surface area contributed by atoms with Gasteiger partial charge in [-0.05, 0) is 61.6 Å². The molecule has 2 aromatic carbocycles. The average molecular weight is 582 g/mol. The molecular formula is C28H29ClFN7O4. The highest BCUT2D eigenvalue weighted by atomic mass is 35.5. The Balaban J connectivity index is 1.47. The van der Waals surface area contributed by atoms with Gasteiger partial charge in [0.15, 0.2) is 5.78 Å². The van der Waals surface area contributed by atoms with Crippen LogP contribution in [-0.4, -0.2) is 51.6 Å². The van der Waals surface area contributed by atoms with Gasteiger partial charge >= 0.3 is 0 Å². The number of hydrogen-bond acceptors (Lipinski definition) is 5. The number of carbonyl (C=O) groups is 4. The van der Waals surface area contributed by atoms with Crippen molar-refractivity contribution in [2.24, 2.45) is 10.8 Å². The molecule has 41 heavy (non-hydrogen) atoms. The average Bonchev–Trinajstić information content (AvgIpc) is 3.53. The summed E-state index contributed by atoms with van der Waals surface area (Å²) in [4.78, 5) is 54.3. The van der Waals surface area contributed by atoms with E-state index < -0.39 is 23.5 Å². The maximum absolute atomic E-state index is 14.8. The highest BCUT2D eigenvalue weighted by molar-refractivity contribution is 6.31. The van der Waals surface area contributed by atoms with Crippen molar-refractivity contribution >= 4 is 46.0 Å². The van der Waals surface area contributed by atoms with Crippen molar-refractivity contribution in [3.05, 3.63) is 80.1 Å². The topological polar surface area (TPSA) is 163 Å². The molecule has 1 aliphatic rings.